The molecule has 1 fully saturated rings. The van der Waals surface area contributed by atoms with Gasteiger partial charge in [0.2, 0.25) is 11.8 Å². The molecule has 1 aromatic carbocycles. The Labute approximate surface area is 208 Å². The van der Waals surface area contributed by atoms with Crippen LogP contribution in [0.4, 0.5) is 5.69 Å². The van der Waals surface area contributed by atoms with E-state index in [0.717, 1.165) is 30.6 Å². The molecule has 1 N–H and O–H groups in total. The smallest absolute Gasteiger partial charge is 0.251 e. The normalized spacial score (nSPS) is 18.1. The number of anilines is 1. The number of amides is 1. The van der Waals surface area contributed by atoms with Crippen molar-refractivity contribution in [3.8, 4) is 11.8 Å². The molecule has 8 nitrogen and oxygen atoms in total. The highest BCUT2D eigenvalue weighted by Gasteiger charge is 2.28. The molecule has 0 aliphatic heterocycles. The lowest BCUT2D eigenvalue weighted by Gasteiger charge is -2.40. The first kappa shape index (κ1) is 26.2. The molecule has 1 aliphatic carbocycles. The van der Waals surface area contributed by atoms with Gasteiger partial charge >= 0.3 is 0 Å². The molecule has 0 radical (unpaired) electrons. The number of aryl methyl sites for hydroxylation is 1. The lowest BCUT2D eigenvalue weighted by Crippen LogP contribution is -2.42. The fourth-order valence-corrected chi connectivity index (χ4v) is 5.29. The maximum Gasteiger partial charge on any atom is 0.251 e. The lowest BCUT2D eigenvalue weighted by molar-refractivity contribution is 0.0950. The Bertz CT molecular complexity index is 999. The summed E-state index contributed by atoms with van der Waals surface area (Å²) in [7, 11) is 9.20. The highest BCUT2D eigenvalue weighted by Crippen LogP contribution is 2.34. The van der Waals surface area contributed by atoms with E-state index in [1.807, 2.05) is 13.0 Å². The predicted octanol–water partition coefficient (Wildman–Crippen LogP) is 4.03. The summed E-state index contributed by atoms with van der Waals surface area (Å²) in [6.07, 6.45) is 4.61. The maximum absolute atomic E-state index is 13.3. The van der Waals surface area contributed by atoms with Crippen molar-refractivity contribution in [2.24, 2.45) is 7.05 Å². The zero-order chi connectivity index (χ0) is 25.0. The minimum absolute atomic E-state index is 0.193. The fraction of sp³-hybridized carbons (Fsp3) is 0.600. The van der Waals surface area contributed by atoms with Crippen LogP contribution in [-0.2, 0) is 13.6 Å². The number of carbonyl (C=O) groups is 1. The second-order valence-corrected chi connectivity index (χ2v) is 9.55. The first-order valence-electron chi connectivity index (χ1n) is 11.9. The van der Waals surface area contributed by atoms with Gasteiger partial charge in [-0.1, -0.05) is 11.6 Å². The van der Waals surface area contributed by atoms with E-state index in [4.69, 9.17) is 21.1 Å². The number of ether oxygens (including phenoxy) is 2. The number of aromatic nitrogens is 2. The van der Waals surface area contributed by atoms with Crippen molar-refractivity contribution in [1.82, 2.24) is 20.0 Å². The van der Waals surface area contributed by atoms with Crippen LogP contribution in [-0.4, -0.2) is 67.5 Å². The molecular weight excluding hydrogens is 454 g/mol. The summed E-state index contributed by atoms with van der Waals surface area (Å²) >= 11 is 6.52. The SMILES string of the molecule is CCN(c1cc(Cl)cc(C(=O)NCc2c(OC)nn(C)c2OC)c1C)C1CCC(N(C)C)CC1. The van der Waals surface area contributed by atoms with Crippen LogP contribution in [0, 0.1) is 6.92 Å². The van der Waals surface area contributed by atoms with Crippen molar-refractivity contribution in [3.05, 3.63) is 33.8 Å². The van der Waals surface area contributed by atoms with Gasteiger partial charge in [0.1, 0.15) is 0 Å². The molecule has 0 spiro atoms. The van der Waals surface area contributed by atoms with Gasteiger partial charge in [0.05, 0.1) is 26.3 Å². The maximum atomic E-state index is 13.3. The van der Waals surface area contributed by atoms with Gasteiger partial charge < -0.3 is 24.6 Å². The number of rotatable bonds is 9. The minimum Gasteiger partial charge on any atom is -0.481 e. The molecule has 188 valence electrons. The average Bonchev–Trinajstić information content (AvgIpc) is 3.14. The number of carbonyl (C=O) groups excluding carboxylic acids is 1. The Hall–Kier alpha value is -2.45. The molecule has 9 heteroatoms. The van der Waals surface area contributed by atoms with Gasteiger partial charge in [0.25, 0.3) is 5.91 Å². The molecule has 0 bridgehead atoms. The zero-order valence-electron chi connectivity index (χ0n) is 21.4. The van der Waals surface area contributed by atoms with Crippen LogP contribution in [0.2, 0.25) is 5.02 Å². The molecule has 1 saturated carbocycles. The van der Waals surface area contributed by atoms with Crippen LogP contribution in [0.25, 0.3) is 0 Å². The Morgan fingerprint density at radius 2 is 1.82 bits per heavy atom. The summed E-state index contributed by atoms with van der Waals surface area (Å²) in [6, 6.07) is 4.81. The van der Waals surface area contributed by atoms with Crippen molar-refractivity contribution >= 4 is 23.2 Å². The van der Waals surface area contributed by atoms with Crippen LogP contribution in [0.5, 0.6) is 11.8 Å². The number of methoxy groups -OCH3 is 2. The van der Waals surface area contributed by atoms with E-state index in [2.05, 4.69) is 41.2 Å². The van der Waals surface area contributed by atoms with Crippen LogP contribution < -0.4 is 19.7 Å². The Morgan fingerprint density at radius 1 is 1.18 bits per heavy atom. The van der Waals surface area contributed by atoms with E-state index < -0.39 is 0 Å². The Morgan fingerprint density at radius 3 is 2.38 bits per heavy atom. The van der Waals surface area contributed by atoms with Crippen LogP contribution in [0.15, 0.2) is 12.1 Å². The summed E-state index contributed by atoms with van der Waals surface area (Å²) in [5.74, 6) is 0.779. The van der Waals surface area contributed by atoms with Gasteiger partial charge in [-0.25, -0.2) is 4.68 Å². The molecular formula is C25H38ClN5O3. The average molecular weight is 492 g/mol. The highest BCUT2D eigenvalue weighted by molar-refractivity contribution is 6.31. The summed E-state index contributed by atoms with van der Waals surface area (Å²) in [6.45, 7) is 5.26. The van der Waals surface area contributed by atoms with Crippen molar-refractivity contribution < 1.29 is 14.3 Å². The fourth-order valence-electron chi connectivity index (χ4n) is 5.07. The standard InChI is InChI=1S/C25H38ClN5O3/c1-8-31(19-11-9-18(10-12-19)29(3)4)22-14-17(26)13-20(16(22)2)23(32)27-15-21-24(33-6)28-30(5)25(21)34-7/h13-14,18-19H,8-12,15H2,1-7H3,(H,27,32). The number of halogens is 1. The van der Waals surface area contributed by atoms with E-state index in [1.165, 1.54) is 12.8 Å². The first-order valence-corrected chi connectivity index (χ1v) is 12.2. The van der Waals surface area contributed by atoms with Crippen molar-refractivity contribution in [2.45, 2.75) is 58.2 Å². The highest BCUT2D eigenvalue weighted by atomic mass is 35.5. The van der Waals surface area contributed by atoms with Crippen molar-refractivity contribution in [2.75, 3.05) is 39.8 Å². The summed E-state index contributed by atoms with van der Waals surface area (Å²) in [4.78, 5) is 18.0. The van der Waals surface area contributed by atoms with Gasteiger partial charge in [-0.2, -0.15) is 0 Å². The van der Waals surface area contributed by atoms with Gasteiger partial charge in [-0.05, 0) is 71.3 Å². The minimum atomic E-state index is -0.193. The Balaban J connectivity index is 1.81. The van der Waals surface area contributed by atoms with Gasteiger partial charge in [0, 0.05) is 41.9 Å². The number of hydrogen-bond donors (Lipinski definition) is 1. The third-order valence-corrected chi connectivity index (χ3v) is 7.16. The third-order valence-electron chi connectivity index (χ3n) is 6.94. The molecule has 3 rings (SSSR count). The zero-order valence-corrected chi connectivity index (χ0v) is 22.2. The van der Waals surface area contributed by atoms with E-state index in [1.54, 1.807) is 32.0 Å². The summed E-state index contributed by atoms with van der Waals surface area (Å²) in [5, 5.41) is 7.84. The number of nitrogens with one attached hydrogen (secondary N) is 1. The van der Waals surface area contributed by atoms with Crippen LogP contribution in [0.1, 0.15) is 54.1 Å². The second-order valence-electron chi connectivity index (χ2n) is 9.11. The first-order chi connectivity index (χ1) is 16.2. The van der Waals surface area contributed by atoms with E-state index in [0.29, 0.717) is 40.0 Å². The molecule has 1 heterocycles. The number of benzene rings is 1. The van der Waals surface area contributed by atoms with Crippen LogP contribution in [0.3, 0.4) is 0 Å². The third kappa shape index (κ3) is 5.44. The van der Waals surface area contributed by atoms with E-state index in [9.17, 15) is 4.79 Å². The second kappa shape index (κ2) is 11.3. The van der Waals surface area contributed by atoms with Crippen molar-refractivity contribution in [3.63, 3.8) is 0 Å². The summed E-state index contributed by atoms with van der Waals surface area (Å²) in [5.41, 5.74) is 3.23. The molecule has 34 heavy (non-hydrogen) atoms. The lowest BCUT2D eigenvalue weighted by atomic mass is 9.89. The van der Waals surface area contributed by atoms with Crippen LogP contribution >= 0.6 is 11.6 Å². The summed E-state index contributed by atoms with van der Waals surface area (Å²) < 4.78 is 12.4. The van der Waals surface area contributed by atoms with Gasteiger partial charge in [-0.15, -0.1) is 5.10 Å². The van der Waals surface area contributed by atoms with E-state index >= 15 is 0 Å². The van der Waals surface area contributed by atoms with Gasteiger partial charge in [-0.3, -0.25) is 4.79 Å². The number of hydrogen-bond acceptors (Lipinski definition) is 6. The molecule has 0 atom stereocenters. The molecule has 0 unspecified atom stereocenters. The monoisotopic (exact) mass is 491 g/mol. The molecule has 0 saturated heterocycles. The molecule has 1 aromatic heterocycles. The molecule has 2 aromatic rings. The van der Waals surface area contributed by atoms with E-state index in [-0.39, 0.29) is 12.5 Å². The largest absolute Gasteiger partial charge is 0.481 e. The topological polar surface area (TPSA) is 71.9 Å². The molecule has 1 aliphatic rings. The number of nitrogens with zero attached hydrogens (tertiary/aromatic N) is 4. The predicted molar refractivity (Wildman–Crippen MR) is 136 cm³/mol. The quantitative estimate of drug-likeness (QED) is 0.571. The van der Waals surface area contributed by atoms with Gasteiger partial charge in [0.15, 0.2) is 0 Å². The van der Waals surface area contributed by atoms with Crippen molar-refractivity contribution in [1.29, 1.82) is 0 Å². The Kier molecular flexibility index (Phi) is 8.71. The molecule has 1 amide bonds.